The van der Waals surface area contributed by atoms with Crippen molar-refractivity contribution in [1.29, 1.82) is 5.26 Å². The third-order valence-corrected chi connectivity index (χ3v) is 2.08. The van der Waals surface area contributed by atoms with E-state index in [1.807, 2.05) is 13.0 Å². The minimum Gasteiger partial charge on any atom is -0.472 e. The van der Waals surface area contributed by atoms with Gasteiger partial charge >= 0.3 is 0 Å². The molecule has 1 unspecified atom stereocenters. The molecule has 1 atom stereocenters. The maximum Gasteiger partial charge on any atom is 0.0943 e. The Labute approximate surface area is 72.1 Å². The van der Waals surface area contributed by atoms with Crippen molar-refractivity contribution in [2.45, 2.75) is 18.8 Å². The second-order valence-electron chi connectivity index (χ2n) is 2.97. The van der Waals surface area contributed by atoms with Crippen LogP contribution in [0.25, 0.3) is 0 Å². The Morgan fingerprint density at radius 1 is 1.83 bits per heavy atom. The molecule has 0 aliphatic rings. The van der Waals surface area contributed by atoms with E-state index in [0.717, 1.165) is 5.56 Å². The lowest BCUT2D eigenvalue weighted by molar-refractivity contribution is 0.544. The summed E-state index contributed by atoms with van der Waals surface area (Å²) < 4.78 is 4.95. The second-order valence-corrected chi connectivity index (χ2v) is 2.97. The first-order valence-electron chi connectivity index (χ1n) is 3.76. The fourth-order valence-electron chi connectivity index (χ4n) is 1.05. The molecule has 1 aromatic heterocycles. The van der Waals surface area contributed by atoms with Gasteiger partial charge in [-0.2, -0.15) is 5.26 Å². The van der Waals surface area contributed by atoms with Gasteiger partial charge < -0.3 is 4.42 Å². The van der Waals surface area contributed by atoms with E-state index in [2.05, 4.69) is 12.6 Å². The lowest BCUT2D eigenvalue weighted by Crippen LogP contribution is -2.16. The van der Waals surface area contributed by atoms with Crippen LogP contribution in [-0.4, -0.2) is 0 Å². The minimum absolute atomic E-state index is 0.276. The molecule has 2 nitrogen and oxygen atoms in total. The topological polar surface area (TPSA) is 36.9 Å². The summed E-state index contributed by atoms with van der Waals surface area (Å²) in [7, 11) is 0. The molecule has 0 aliphatic heterocycles. The molecule has 0 bridgehead atoms. The molecule has 1 aromatic rings. The maximum atomic E-state index is 8.60. The molecule has 62 valence electrons. The van der Waals surface area contributed by atoms with Gasteiger partial charge in [-0.1, -0.05) is 13.0 Å². The maximum absolute atomic E-state index is 8.60. The SMILES string of the molecule is C=CC(C)(CC#N)c1ccoc1. The normalized spacial score (nSPS) is 14.7. The zero-order chi connectivity index (χ0) is 9.03. The molecule has 0 aliphatic carbocycles. The lowest BCUT2D eigenvalue weighted by atomic mass is 9.82. The summed E-state index contributed by atoms with van der Waals surface area (Å²) in [5, 5.41) is 8.60. The first kappa shape index (κ1) is 8.61. The van der Waals surface area contributed by atoms with Gasteiger partial charge in [0.1, 0.15) is 0 Å². The van der Waals surface area contributed by atoms with Crippen molar-refractivity contribution in [3.8, 4) is 6.07 Å². The molecular weight excluding hydrogens is 150 g/mol. The summed E-state index contributed by atoms with van der Waals surface area (Å²) in [6.07, 6.45) is 5.46. The van der Waals surface area contributed by atoms with Crippen LogP contribution in [0.5, 0.6) is 0 Å². The second kappa shape index (κ2) is 3.27. The average Bonchev–Trinajstić information content (AvgIpc) is 2.57. The predicted molar refractivity (Wildman–Crippen MR) is 46.5 cm³/mol. The standard InChI is InChI=1S/C10H11NO/c1-3-10(2,5-6-11)9-4-7-12-8-9/h3-4,7-8H,1,5H2,2H3. The number of rotatable bonds is 3. The van der Waals surface area contributed by atoms with Gasteiger partial charge in [-0.15, -0.1) is 6.58 Å². The van der Waals surface area contributed by atoms with Crippen LogP contribution in [0.2, 0.25) is 0 Å². The van der Waals surface area contributed by atoms with E-state index >= 15 is 0 Å². The fourth-order valence-corrected chi connectivity index (χ4v) is 1.05. The van der Waals surface area contributed by atoms with Crippen molar-refractivity contribution in [2.75, 3.05) is 0 Å². The van der Waals surface area contributed by atoms with E-state index in [4.69, 9.17) is 9.68 Å². The van der Waals surface area contributed by atoms with Gasteiger partial charge in [0.2, 0.25) is 0 Å². The molecule has 1 heterocycles. The minimum atomic E-state index is -0.276. The molecule has 0 spiro atoms. The van der Waals surface area contributed by atoms with E-state index in [0.29, 0.717) is 6.42 Å². The fraction of sp³-hybridized carbons (Fsp3) is 0.300. The molecule has 0 saturated heterocycles. The molecule has 2 heteroatoms. The number of nitrogens with zero attached hydrogens (tertiary/aromatic N) is 1. The van der Waals surface area contributed by atoms with Crippen molar-refractivity contribution in [1.82, 2.24) is 0 Å². The quantitative estimate of drug-likeness (QED) is 0.639. The summed E-state index contributed by atoms with van der Waals surface area (Å²) in [6, 6.07) is 3.99. The van der Waals surface area contributed by atoms with Gasteiger partial charge in [0.15, 0.2) is 0 Å². The molecule has 0 N–H and O–H groups in total. The van der Waals surface area contributed by atoms with E-state index in [1.165, 1.54) is 0 Å². The number of allylic oxidation sites excluding steroid dienone is 1. The molecular formula is C10H11NO. The Kier molecular flexibility index (Phi) is 2.35. The first-order chi connectivity index (χ1) is 5.73. The summed E-state index contributed by atoms with van der Waals surface area (Å²) in [5.74, 6) is 0. The highest BCUT2D eigenvalue weighted by atomic mass is 16.3. The van der Waals surface area contributed by atoms with E-state index < -0.39 is 0 Å². The molecule has 0 fully saturated rings. The van der Waals surface area contributed by atoms with Gasteiger partial charge in [0.05, 0.1) is 18.6 Å². The van der Waals surface area contributed by atoms with Crippen molar-refractivity contribution >= 4 is 0 Å². The Morgan fingerprint density at radius 3 is 3.00 bits per heavy atom. The highest BCUT2D eigenvalue weighted by Gasteiger charge is 2.23. The number of nitriles is 1. The largest absolute Gasteiger partial charge is 0.472 e. The van der Waals surface area contributed by atoms with Crippen molar-refractivity contribution < 1.29 is 4.42 Å². The Bertz CT molecular complexity index is 294. The summed E-state index contributed by atoms with van der Waals surface area (Å²) in [6.45, 7) is 5.68. The predicted octanol–water partition coefficient (Wildman–Crippen LogP) is 2.64. The smallest absolute Gasteiger partial charge is 0.0943 e. The highest BCUT2D eigenvalue weighted by molar-refractivity contribution is 5.26. The summed E-state index contributed by atoms with van der Waals surface area (Å²) >= 11 is 0. The van der Waals surface area contributed by atoms with Crippen LogP contribution < -0.4 is 0 Å². The Hall–Kier alpha value is -1.49. The van der Waals surface area contributed by atoms with Crippen LogP contribution in [-0.2, 0) is 5.41 Å². The van der Waals surface area contributed by atoms with E-state index in [9.17, 15) is 0 Å². The van der Waals surface area contributed by atoms with Crippen LogP contribution in [0.3, 0.4) is 0 Å². The van der Waals surface area contributed by atoms with E-state index in [1.54, 1.807) is 18.6 Å². The van der Waals surface area contributed by atoms with Crippen LogP contribution >= 0.6 is 0 Å². The van der Waals surface area contributed by atoms with Gasteiger partial charge in [0.25, 0.3) is 0 Å². The Morgan fingerprint density at radius 2 is 2.58 bits per heavy atom. The molecule has 0 aromatic carbocycles. The van der Waals surface area contributed by atoms with Crippen LogP contribution in [0.1, 0.15) is 18.9 Å². The third kappa shape index (κ3) is 1.40. The van der Waals surface area contributed by atoms with Crippen molar-refractivity contribution in [2.24, 2.45) is 0 Å². The number of furan rings is 1. The van der Waals surface area contributed by atoms with Crippen LogP contribution in [0, 0.1) is 11.3 Å². The molecule has 0 amide bonds. The molecule has 0 saturated carbocycles. The highest BCUT2D eigenvalue weighted by Crippen LogP contribution is 2.28. The first-order valence-corrected chi connectivity index (χ1v) is 3.76. The summed E-state index contributed by atoms with van der Waals surface area (Å²) in [5.41, 5.74) is 0.723. The molecule has 0 radical (unpaired) electrons. The monoisotopic (exact) mass is 161 g/mol. The van der Waals surface area contributed by atoms with Gasteiger partial charge in [0, 0.05) is 17.4 Å². The van der Waals surface area contributed by atoms with E-state index in [-0.39, 0.29) is 5.41 Å². The van der Waals surface area contributed by atoms with Crippen molar-refractivity contribution in [3.05, 3.63) is 36.8 Å². The van der Waals surface area contributed by atoms with Crippen molar-refractivity contribution in [3.63, 3.8) is 0 Å². The van der Waals surface area contributed by atoms with Gasteiger partial charge in [-0.05, 0) is 6.07 Å². The third-order valence-electron chi connectivity index (χ3n) is 2.08. The Balaban J connectivity index is 2.97. The average molecular weight is 161 g/mol. The lowest BCUT2D eigenvalue weighted by Gasteiger charge is -2.19. The van der Waals surface area contributed by atoms with Crippen LogP contribution in [0.15, 0.2) is 35.7 Å². The van der Waals surface area contributed by atoms with Crippen LogP contribution in [0.4, 0.5) is 0 Å². The zero-order valence-electron chi connectivity index (χ0n) is 7.08. The van der Waals surface area contributed by atoms with Gasteiger partial charge in [-0.25, -0.2) is 0 Å². The zero-order valence-corrected chi connectivity index (χ0v) is 7.08. The molecule has 12 heavy (non-hydrogen) atoms. The summed E-state index contributed by atoms with van der Waals surface area (Å²) in [4.78, 5) is 0. The van der Waals surface area contributed by atoms with Gasteiger partial charge in [-0.3, -0.25) is 0 Å². The number of hydrogen-bond acceptors (Lipinski definition) is 2. The molecule has 1 rings (SSSR count). The number of hydrogen-bond donors (Lipinski definition) is 0.